The van der Waals surface area contributed by atoms with Crippen LogP contribution in [0.5, 0.6) is 0 Å². The molecule has 0 saturated carbocycles. The van der Waals surface area contributed by atoms with Crippen LogP contribution in [0.25, 0.3) is 0 Å². The lowest BCUT2D eigenvalue weighted by Gasteiger charge is -2.37. The summed E-state index contributed by atoms with van der Waals surface area (Å²) in [6.07, 6.45) is 3.80. The van der Waals surface area contributed by atoms with Crippen molar-refractivity contribution in [3.63, 3.8) is 0 Å². The number of rotatable bonds is 3. The summed E-state index contributed by atoms with van der Waals surface area (Å²) in [5.74, 6) is 1.24. The Morgan fingerprint density at radius 3 is 2.46 bits per heavy atom. The van der Waals surface area contributed by atoms with Gasteiger partial charge in [0.25, 0.3) is 0 Å². The fourth-order valence-electron chi connectivity index (χ4n) is 3.67. The fourth-order valence-corrected chi connectivity index (χ4v) is 4.40. The van der Waals surface area contributed by atoms with E-state index >= 15 is 0 Å². The molecule has 3 rings (SSSR count). The van der Waals surface area contributed by atoms with Gasteiger partial charge in [-0.25, -0.2) is 4.79 Å². The zero-order valence-electron chi connectivity index (χ0n) is 15.9. The molecule has 144 valence electrons. The lowest BCUT2D eigenvalue weighted by atomic mass is 9.93. The quantitative estimate of drug-likeness (QED) is 0.875. The average Bonchev–Trinajstić information content (AvgIpc) is 3.10. The summed E-state index contributed by atoms with van der Waals surface area (Å²) in [5.41, 5.74) is 0. The topological polar surface area (TPSA) is 78.4 Å². The van der Waals surface area contributed by atoms with E-state index in [0.29, 0.717) is 30.1 Å². The van der Waals surface area contributed by atoms with Crippen molar-refractivity contribution in [1.82, 2.24) is 20.0 Å². The number of nitrogens with one attached hydrogen (secondary N) is 1. The molecule has 8 heteroatoms. The van der Waals surface area contributed by atoms with Gasteiger partial charge in [-0.1, -0.05) is 32.1 Å². The van der Waals surface area contributed by atoms with Crippen molar-refractivity contribution in [2.24, 2.45) is 11.8 Å². The number of piperidine rings is 2. The molecule has 3 heterocycles. The van der Waals surface area contributed by atoms with Crippen LogP contribution in [-0.2, 0) is 4.79 Å². The van der Waals surface area contributed by atoms with Crippen molar-refractivity contribution < 1.29 is 9.59 Å². The Morgan fingerprint density at radius 1 is 1.12 bits per heavy atom. The van der Waals surface area contributed by atoms with Crippen molar-refractivity contribution in [1.29, 1.82) is 0 Å². The van der Waals surface area contributed by atoms with Gasteiger partial charge in [-0.15, -0.1) is 10.2 Å². The molecule has 0 radical (unpaired) electrons. The normalized spacial score (nSPS) is 21.9. The van der Waals surface area contributed by atoms with E-state index in [1.165, 1.54) is 17.8 Å². The minimum absolute atomic E-state index is 0.0541. The first-order valence-corrected chi connectivity index (χ1v) is 10.4. The molecule has 1 atom stereocenters. The SMILES string of the molecule is CC(C)c1nnc(NC(=O)N2CCC(C(=O)N3CCC[C@H](C)C3)CC2)s1. The molecule has 1 N–H and O–H groups in total. The van der Waals surface area contributed by atoms with Gasteiger partial charge in [-0.3, -0.25) is 10.1 Å². The molecular formula is C18H29N5O2S. The summed E-state index contributed by atoms with van der Waals surface area (Å²) in [7, 11) is 0. The van der Waals surface area contributed by atoms with Crippen LogP contribution in [-0.4, -0.2) is 58.1 Å². The largest absolute Gasteiger partial charge is 0.342 e. The molecule has 3 amide bonds. The Bertz CT molecular complexity index is 639. The first kappa shape index (κ1) is 19.1. The highest BCUT2D eigenvalue weighted by Crippen LogP contribution is 2.25. The molecule has 2 saturated heterocycles. The van der Waals surface area contributed by atoms with E-state index in [9.17, 15) is 9.59 Å². The molecule has 2 fully saturated rings. The smallest absolute Gasteiger partial charge is 0.323 e. The average molecular weight is 380 g/mol. The number of anilines is 1. The summed E-state index contributed by atoms with van der Waals surface area (Å²) in [4.78, 5) is 29.0. The third kappa shape index (κ3) is 4.52. The Kier molecular flexibility index (Phi) is 6.11. The summed E-state index contributed by atoms with van der Waals surface area (Å²) >= 11 is 1.42. The van der Waals surface area contributed by atoms with E-state index in [-0.39, 0.29) is 17.9 Å². The van der Waals surface area contributed by atoms with Crippen molar-refractivity contribution in [3.8, 4) is 0 Å². The van der Waals surface area contributed by atoms with E-state index in [1.807, 2.05) is 4.90 Å². The van der Waals surface area contributed by atoms with Gasteiger partial charge in [0.1, 0.15) is 5.01 Å². The van der Waals surface area contributed by atoms with Gasteiger partial charge in [0.15, 0.2) is 0 Å². The van der Waals surface area contributed by atoms with Gasteiger partial charge in [-0.05, 0) is 31.6 Å². The van der Waals surface area contributed by atoms with E-state index < -0.39 is 0 Å². The number of hydrogen-bond donors (Lipinski definition) is 1. The summed E-state index contributed by atoms with van der Waals surface area (Å²) in [5, 5.41) is 12.4. The fraction of sp³-hybridized carbons (Fsp3) is 0.778. The number of amides is 3. The molecule has 0 aromatic carbocycles. The molecule has 0 spiro atoms. The van der Waals surface area contributed by atoms with Gasteiger partial charge >= 0.3 is 6.03 Å². The maximum absolute atomic E-state index is 12.7. The molecule has 1 aromatic heterocycles. The van der Waals surface area contributed by atoms with Crippen LogP contribution < -0.4 is 5.32 Å². The first-order chi connectivity index (χ1) is 12.4. The van der Waals surface area contributed by atoms with Crippen molar-refractivity contribution in [3.05, 3.63) is 5.01 Å². The van der Waals surface area contributed by atoms with Gasteiger partial charge in [0.05, 0.1) is 0 Å². The van der Waals surface area contributed by atoms with Crippen LogP contribution in [0, 0.1) is 11.8 Å². The molecule has 2 aliphatic rings. The number of hydrogen-bond acceptors (Lipinski definition) is 5. The van der Waals surface area contributed by atoms with Crippen LogP contribution >= 0.6 is 11.3 Å². The molecule has 0 unspecified atom stereocenters. The molecule has 0 bridgehead atoms. The number of likely N-dealkylation sites (tertiary alicyclic amines) is 2. The highest BCUT2D eigenvalue weighted by Gasteiger charge is 2.32. The Balaban J connectivity index is 1.48. The van der Waals surface area contributed by atoms with E-state index in [4.69, 9.17) is 0 Å². The van der Waals surface area contributed by atoms with E-state index in [2.05, 4.69) is 36.3 Å². The number of carbonyl (C=O) groups is 2. The van der Waals surface area contributed by atoms with Crippen molar-refractivity contribution in [2.75, 3.05) is 31.5 Å². The third-order valence-corrected chi connectivity index (χ3v) is 6.39. The Hall–Kier alpha value is -1.70. The summed E-state index contributed by atoms with van der Waals surface area (Å²) < 4.78 is 0. The highest BCUT2D eigenvalue weighted by atomic mass is 32.1. The molecule has 2 aliphatic heterocycles. The highest BCUT2D eigenvalue weighted by molar-refractivity contribution is 7.15. The zero-order valence-corrected chi connectivity index (χ0v) is 16.7. The summed E-state index contributed by atoms with van der Waals surface area (Å²) in [6.45, 7) is 9.31. The Labute approximate surface area is 159 Å². The van der Waals surface area contributed by atoms with Crippen LogP contribution in [0.1, 0.15) is 57.4 Å². The molecule has 7 nitrogen and oxygen atoms in total. The van der Waals surface area contributed by atoms with Crippen LogP contribution in [0.2, 0.25) is 0 Å². The molecule has 0 aliphatic carbocycles. The van der Waals surface area contributed by atoms with Gasteiger partial charge in [-0.2, -0.15) is 0 Å². The second kappa shape index (κ2) is 8.33. The number of urea groups is 1. The standard InChI is InChI=1S/C18H29N5O2S/c1-12(2)15-20-21-17(26-15)19-18(25)22-9-6-14(7-10-22)16(24)23-8-4-5-13(3)11-23/h12-14H,4-11H2,1-3H3,(H,19,21,25)/t13-/m0/s1. The second-order valence-electron chi connectivity index (χ2n) is 7.82. The lowest BCUT2D eigenvalue weighted by Crippen LogP contribution is -2.47. The van der Waals surface area contributed by atoms with Crippen LogP contribution in [0.4, 0.5) is 9.93 Å². The number of carbonyl (C=O) groups excluding carboxylic acids is 2. The maximum atomic E-state index is 12.7. The zero-order chi connectivity index (χ0) is 18.7. The lowest BCUT2D eigenvalue weighted by molar-refractivity contribution is -0.138. The monoisotopic (exact) mass is 379 g/mol. The summed E-state index contributed by atoms with van der Waals surface area (Å²) in [6, 6.07) is -0.144. The second-order valence-corrected chi connectivity index (χ2v) is 8.83. The van der Waals surface area contributed by atoms with Crippen LogP contribution in [0.15, 0.2) is 0 Å². The first-order valence-electron chi connectivity index (χ1n) is 9.62. The maximum Gasteiger partial charge on any atom is 0.323 e. The predicted molar refractivity (Wildman–Crippen MR) is 102 cm³/mol. The molecule has 1 aromatic rings. The predicted octanol–water partition coefficient (Wildman–Crippen LogP) is 3.16. The van der Waals surface area contributed by atoms with Gasteiger partial charge in [0, 0.05) is 38.0 Å². The molecule has 26 heavy (non-hydrogen) atoms. The minimum Gasteiger partial charge on any atom is -0.342 e. The van der Waals surface area contributed by atoms with Crippen molar-refractivity contribution >= 4 is 28.4 Å². The van der Waals surface area contributed by atoms with Crippen LogP contribution in [0.3, 0.4) is 0 Å². The number of aromatic nitrogens is 2. The van der Waals surface area contributed by atoms with Gasteiger partial charge in [0.2, 0.25) is 11.0 Å². The Morgan fingerprint density at radius 2 is 1.85 bits per heavy atom. The van der Waals surface area contributed by atoms with Crippen molar-refractivity contribution in [2.45, 2.75) is 52.4 Å². The van der Waals surface area contributed by atoms with E-state index in [0.717, 1.165) is 37.4 Å². The third-order valence-electron chi connectivity index (χ3n) is 5.25. The van der Waals surface area contributed by atoms with Gasteiger partial charge < -0.3 is 9.80 Å². The number of nitrogens with zero attached hydrogens (tertiary/aromatic N) is 4. The minimum atomic E-state index is -0.144. The molecular weight excluding hydrogens is 350 g/mol. The van der Waals surface area contributed by atoms with E-state index in [1.54, 1.807) is 4.90 Å².